The van der Waals surface area contributed by atoms with Crippen molar-refractivity contribution in [1.29, 1.82) is 0 Å². The number of rotatable bonds is 4. The minimum absolute atomic E-state index is 0.155. The molecule has 1 saturated heterocycles. The van der Waals surface area contributed by atoms with Gasteiger partial charge in [-0.1, -0.05) is 60.7 Å². The summed E-state index contributed by atoms with van der Waals surface area (Å²) in [5.74, 6) is 0.492. The molecule has 3 aliphatic heterocycles. The van der Waals surface area contributed by atoms with Gasteiger partial charge in [-0.3, -0.25) is 0 Å². The van der Waals surface area contributed by atoms with Crippen molar-refractivity contribution >= 4 is 15.7 Å². The molecular weight excluding hydrogens is 413 g/mol. The summed E-state index contributed by atoms with van der Waals surface area (Å²) in [6.45, 7) is 4.67. The van der Waals surface area contributed by atoms with Crippen LogP contribution in [0.5, 0.6) is 0 Å². The molecule has 31 heavy (non-hydrogen) atoms. The van der Waals surface area contributed by atoms with Gasteiger partial charge in [0, 0.05) is 5.56 Å². The summed E-state index contributed by atoms with van der Waals surface area (Å²) >= 11 is 0. The minimum atomic E-state index is -4.25. The Labute approximate surface area is 182 Å². The molecule has 3 aromatic carbocycles. The molecule has 0 unspecified atom stereocenters. The molecule has 160 valence electrons. The van der Waals surface area contributed by atoms with Crippen LogP contribution in [0, 0.1) is 11.7 Å². The molecule has 3 aliphatic rings. The summed E-state index contributed by atoms with van der Waals surface area (Å²) < 4.78 is 45.1. The number of nitrogens with zero attached hydrogens (tertiary/aromatic N) is 1. The third-order valence-electron chi connectivity index (χ3n) is 5.92. The summed E-state index contributed by atoms with van der Waals surface area (Å²) in [6, 6.07) is 24.9. The van der Waals surface area contributed by atoms with Crippen LogP contribution >= 0.6 is 0 Å². The maximum atomic E-state index is 13.0. The second kappa shape index (κ2) is 8.75. The van der Waals surface area contributed by atoms with Gasteiger partial charge in [0.25, 0.3) is 0 Å². The van der Waals surface area contributed by atoms with Crippen LogP contribution in [0.4, 0.5) is 4.39 Å². The summed E-state index contributed by atoms with van der Waals surface area (Å²) in [4.78, 5) is -0.185. The van der Waals surface area contributed by atoms with E-state index in [1.54, 1.807) is 18.2 Å². The predicted molar refractivity (Wildman–Crippen MR) is 117 cm³/mol. The van der Waals surface area contributed by atoms with E-state index in [4.69, 9.17) is 0 Å². The molecule has 3 aromatic rings. The van der Waals surface area contributed by atoms with Crippen molar-refractivity contribution in [3.8, 4) is 0 Å². The highest BCUT2D eigenvalue weighted by Crippen LogP contribution is 2.42. The summed E-state index contributed by atoms with van der Waals surface area (Å²) in [6.07, 6.45) is 2.37. The third kappa shape index (κ3) is 5.10. The largest absolute Gasteiger partial charge is 0.744 e. The molecule has 4 nitrogen and oxygen atoms in total. The highest BCUT2D eigenvalue weighted by atomic mass is 32.2. The second-order valence-electron chi connectivity index (χ2n) is 8.16. The first kappa shape index (κ1) is 21.4. The van der Waals surface area contributed by atoms with Crippen molar-refractivity contribution in [1.82, 2.24) is 0 Å². The molecule has 0 N–H and O–H groups in total. The minimum Gasteiger partial charge on any atom is -0.744 e. The summed E-state index contributed by atoms with van der Waals surface area (Å²) in [5.41, 5.74) is 4.04. The fourth-order valence-corrected chi connectivity index (χ4v) is 4.92. The van der Waals surface area contributed by atoms with Crippen LogP contribution in [0.3, 0.4) is 0 Å². The number of halogens is 1. The van der Waals surface area contributed by atoms with E-state index >= 15 is 0 Å². The average Bonchev–Trinajstić information content (AvgIpc) is 2.75. The van der Waals surface area contributed by atoms with Gasteiger partial charge >= 0.3 is 0 Å². The topological polar surface area (TPSA) is 57.2 Å². The SMILES string of the molecule is Fc1ccc(C2=CC[N+]3(Cc4ccccc4)CC2C3)cc1.O=S(=O)([O-])c1ccccc1. The first-order valence-corrected chi connectivity index (χ1v) is 11.6. The smallest absolute Gasteiger partial charge is 0.124 e. The summed E-state index contributed by atoms with van der Waals surface area (Å²) in [7, 11) is -4.25. The van der Waals surface area contributed by atoms with Crippen LogP contribution in [0.15, 0.2) is 95.9 Å². The zero-order valence-electron chi connectivity index (χ0n) is 17.0. The fourth-order valence-electron chi connectivity index (χ4n) is 4.43. The Hall–Kier alpha value is -2.80. The van der Waals surface area contributed by atoms with Crippen molar-refractivity contribution in [2.24, 2.45) is 5.92 Å². The molecule has 2 bridgehead atoms. The zero-order valence-corrected chi connectivity index (χ0v) is 17.8. The van der Waals surface area contributed by atoms with E-state index in [9.17, 15) is 17.4 Å². The number of fused-ring (bicyclic) bond motifs is 1. The van der Waals surface area contributed by atoms with E-state index < -0.39 is 10.1 Å². The molecular formula is C25H24FNO3S. The van der Waals surface area contributed by atoms with Crippen molar-refractivity contribution < 1.29 is 21.8 Å². The Bertz CT molecular complexity index is 1150. The number of hydrogen-bond donors (Lipinski definition) is 0. The Kier molecular flexibility index (Phi) is 6.05. The molecule has 0 aromatic heterocycles. The Morgan fingerprint density at radius 1 is 0.871 bits per heavy atom. The van der Waals surface area contributed by atoms with Gasteiger partial charge in [0.15, 0.2) is 0 Å². The van der Waals surface area contributed by atoms with Crippen LogP contribution in [0.2, 0.25) is 0 Å². The van der Waals surface area contributed by atoms with Crippen molar-refractivity contribution in [3.63, 3.8) is 0 Å². The Morgan fingerprint density at radius 2 is 1.45 bits per heavy atom. The maximum Gasteiger partial charge on any atom is 0.124 e. The molecule has 0 saturated carbocycles. The van der Waals surface area contributed by atoms with Crippen molar-refractivity contribution in [2.75, 3.05) is 19.6 Å². The van der Waals surface area contributed by atoms with Gasteiger partial charge in [-0.05, 0) is 41.5 Å². The number of hydrogen-bond acceptors (Lipinski definition) is 3. The van der Waals surface area contributed by atoms with Gasteiger partial charge in [-0.2, -0.15) is 0 Å². The van der Waals surface area contributed by atoms with Crippen LogP contribution in [-0.2, 0) is 16.7 Å². The summed E-state index contributed by atoms with van der Waals surface area (Å²) in [5, 5.41) is 0. The molecule has 0 atom stereocenters. The normalized spacial score (nSPS) is 21.9. The van der Waals surface area contributed by atoms with E-state index in [2.05, 4.69) is 36.4 Å². The lowest BCUT2D eigenvalue weighted by atomic mass is 9.79. The molecule has 1 fully saturated rings. The van der Waals surface area contributed by atoms with Crippen LogP contribution in [0.1, 0.15) is 11.1 Å². The van der Waals surface area contributed by atoms with Crippen LogP contribution < -0.4 is 0 Å². The van der Waals surface area contributed by atoms with Gasteiger partial charge in [-0.15, -0.1) is 0 Å². The third-order valence-corrected chi connectivity index (χ3v) is 6.77. The number of benzene rings is 3. The quantitative estimate of drug-likeness (QED) is 0.447. The van der Waals surface area contributed by atoms with E-state index in [1.807, 2.05) is 12.1 Å². The zero-order chi connectivity index (χ0) is 21.9. The molecule has 0 radical (unpaired) electrons. The second-order valence-corrected chi connectivity index (χ2v) is 9.54. The van der Waals surface area contributed by atoms with E-state index in [1.165, 1.54) is 58.5 Å². The first-order valence-electron chi connectivity index (χ1n) is 10.2. The monoisotopic (exact) mass is 437 g/mol. The van der Waals surface area contributed by atoms with Gasteiger partial charge < -0.3 is 9.04 Å². The molecule has 0 spiro atoms. The number of quaternary nitrogens is 1. The lowest BCUT2D eigenvalue weighted by Crippen LogP contribution is -2.65. The highest BCUT2D eigenvalue weighted by molar-refractivity contribution is 7.85. The van der Waals surface area contributed by atoms with Gasteiger partial charge in [-0.25, -0.2) is 12.8 Å². The van der Waals surface area contributed by atoms with Crippen molar-refractivity contribution in [3.05, 3.63) is 108 Å². The standard InChI is InChI=1S/C19H19FN.C6H6O3S/c20-18-8-6-16(7-9-18)19-10-11-21(13-17(19)14-21)12-15-4-2-1-3-5-15;7-10(8,9)6-4-2-1-3-5-6/h1-10,17H,11-14H2;1-5H,(H,7,8,9)/q+1;/p-1. The van der Waals surface area contributed by atoms with E-state index in [0.717, 1.165) is 13.1 Å². The fraction of sp³-hybridized carbons (Fsp3) is 0.200. The Balaban J connectivity index is 0.000000196. The Morgan fingerprint density at radius 3 is 1.94 bits per heavy atom. The van der Waals surface area contributed by atoms with Crippen molar-refractivity contribution in [2.45, 2.75) is 11.4 Å². The molecule has 6 heteroatoms. The van der Waals surface area contributed by atoms with Crippen LogP contribution in [0.25, 0.3) is 5.57 Å². The lowest BCUT2D eigenvalue weighted by Gasteiger charge is -2.54. The maximum absolute atomic E-state index is 13.0. The van der Waals surface area contributed by atoms with Crippen LogP contribution in [-0.4, -0.2) is 37.1 Å². The van der Waals surface area contributed by atoms with E-state index in [-0.39, 0.29) is 10.7 Å². The molecule has 0 amide bonds. The lowest BCUT2D eigenvalue weighted by molar-refractivity contribution is -0.980. The highest BCUT2D eigenvalue weighted by Gasteiger charge is 2.48. The van der Waals surface area contributed by atoms with Gasteiger partial charge in [0.05, 0.1) is 30.4 Å². The molecule has 0 aliphatic carbocycles. The van der Waals surface area contributed by atoms with Gasteiger partial charge in [0.1, 0.15) is 22.5 Å². The van der Waals surface area contributed by atoms with E-state index in [0.29, 0.717) is 5.92 Å². The predicted octanol–water partition coefficient (Wildman–Crippen LogP) is 4.46. The molecule has 3 heterocycles. The average molecular weight is 438 g/mol. The van der Waals surface area contributed by atoms with Gasteiger partial charge in [0.2, 0.25) is 0 Å². The molecule has 6 rings (SSSR count). The first-order chi connectivity index (χ1) is 14.8.